The molecule has 0 saturated heterocycles. The quantitative estimate of drug-likeness (QED) is 0.523. The molecular formula is C26H37N3O4S. The highest BCUT2D eigenvalue weighted by atomic mass is 32.2. The molecule has 8 heteroatoms. The van der Waals surface area contributed by atoms with Gasteiger partial charge in [-0.3, -0.25) is 13.9 Å². The molecule has 1 atom stereocenters. The summed E-state index contributed by atoms with van der Waals surface area (Å²) in [5.41, 5.74) is 4.14. The van der Waals surface area contributed by atoms with Crippen LogP contribution in [0.15, 0.2) is 42.5 Å². The highest BCUT2D eigenvalue weighted by Gasteiger charge is 2.32. The van der Waals surface area contributed by atoms with Gasteiger partial charge in [0.1, 0.15) is 12.6 Å². The maximum atomic E-state index is 13.7. The van der Waals surface area contributed by atoms with Gasteiger partial charge < -0.3 is 10.2 Å². The molecule has 0 aliphatic heterocycles. The predicted octanol–water partition coefficient (Wildman–Crippen LogP) is 3.71. The fourth-order valence-electron chi connectivity index (χ4n) is 3.97. The Morgan fingerprint density at radius 3 is 2.24 bits per heavy atom. The van der Waals surface area contributed by atoms with Crippen LogP contribution < -0.4 is 9.62 Å². The minimum Gasteiger partial charge on any atom is -0.354 e. The summed E-state index contributed by atoms with van der Waals surface area (Å²) in [5, 5.41) is 2.88. The Morgan fingerprint density at radius 2 is 1.68 bits per heavy atom. The van der Waals surface area contributed by atoms with Crippen molar-refractivity contribution in [3.05, 3.63) is 64.7 Å². The molecule has 0 fully saturated rings. The molecule has 1 N–H and O–H groups in total. The van der Waals surface area contributed by atoms with Gasteiger partial charge in [-0.05, 0) is 50.8 Å². The third-order valence-electron chi connectivity index (χ3n) is 5.67. The zero-order chi connectivity index (χ0) is 25.5. The van der Waals surface area contributed by atoms with Crippen molar-refractivity contribution in [2.45, 2.75) is 60.0 Å². The van der Waals surface area contributed by atoms with Gasteiger partial charge in [-0.2, -0.15) is 0 Å². The number of anilines is 1. The van der Waals surface area contributed by atoms with Gasteiger partial charge in [0, 0.05) is 13.1 Å². The van der Waals surface area contributed by atoms with Crippen LogP contribution in [0.4, 0.5) is 5.69 Å². The Hall–Kier alpha value is -2.87. The SMILES string of the molecule is CCCNC(=O)[C@@H](CC)N(Cc1cccc(C)c1)C(=O)CN(c1ccc(C)cc1C)S(C)(=O)=O. The zero-order valence-corrected chi connectivity index (χ0v) is 21.9. The van der Waals surface area contributed by atoms with Gasteiger partial charge in [-0.1, -0.05) is 61.4 Å². The molecule has 2 rings (SSSR count). The lowest BCUT2D eigenvalue weighted by atomic mass is 10.1. The van der Waals surface area contributed by atoms with Gasteiger partial charge >= 0.3 is 0 Å². The third-order valence-corrected chi connectivity index (χ3v) is 6.80. The fraction of sp³-hybridized carbons (Fsp3) is 0.462. The summed E-state index contributed by atoms with van der Waals surface area (Å²) >= 11 is 0. The number of sulfonamides is 1. The maximum absolute atomic E-state index is 13.7. The number of amides is 2. The molecule has 0 heterocycles. The number of nitrogens with one attached hydrogen (secondary N) is 1. The Balaban J connectivity index is 2.45. The molecule has 2 amide bonds. The standard InChI is InChI=1S/C26H37N3O4S/c1-7-14-27-26(31)23(8-2)28(17-22-11-9-10-19(3)16-22)25(30)18-29(34(6,32)33)24-13-12-20(4)15-21(24)5/h9-13,15-16,23H,7-8,14,17-18H2,1-6H3,(H,27,31)/t23-/m1/s1. The number of hydrogen-bond acceptors (Lipinski definition) is 4. The molecule has 7 nitrogen and oxygen atoms in total. The summed E-state index contributed by atoms with van der Waals surface area (Å²) < 4.78 is 26.6. The van der Waals surface area contributed by atoms with E-state index >= 15 is 0 Å². The second-order valence-electron chi connectivity index (χ2n) is 8.79. The highest BCUT2D eigenvalue weighted by Crippen LogP contribution is 2.24. The monoisotopic (exact) mass is 487 g/mol. The zero-order valence-electron chi connectivity index (χ0n) is 21.1. The van der Waals surface area contributed by atoms with Crippen molar-refractivity contribution in [1.29, 1.82) is 0 Å². The molecule has 2 aromatic rings. The summed E-state index contributed by atoms with van der Waals surface area (Å²) in [6.45, 7) is 9.87. The van der Waals surface area contributed by atoms with E-state index in [1.165, 1.54) is 4.90 Å². The molecule has 186 valence electrons. The van der Waals surface area contributed by atoms with Gasteiger partial charge in [-0.15, -0.1) is 0 Å². The molecule has 34 heavy (non-hydrogen) atoms. The van der Waals surface area contributed by atoms with Crippen molar-refractivity contribution in [2.24, 2.45) is 0 Å². The lowest BCUT2D eigenvalue weighted by molar-refractivity contribution is -0.140. The first-order valence-electron chi connectivity index (χ1n) is 11.7. The molecule has 0 spiro atoms. The summed E-state index contributed by atoms with van der Waals surface area (Å²) in [4.78, 5) is 28.1. The number of benzene rings is 2. The lowest BCUT2D eigenvalue weighted by Crippen LogP contribution is -2.52. The Kier molecular flexibility index (Phi) is 9.67. The van der Waals surface area contributed by atoms with Gasteiger partial charge in [0.25, 0.3) is 0 Å². The van der Waals surface area contributed by atoms with E-state index in [9.17, 15) is 18.0 Å². The van der Waals surface area contributed by atoms with Gasteiger partial charge in [0.15, 0.2) is 0 Å². The van der Waals surface area contributed by atoms with E-state index < -0.39 is 22.0 Å². The number of rotatable bonds is 11. The van der Waals surface area contributed by atoms with E-state index in [0.717, 1.165) is 39.2 Å². The molecule has 0 saturated carbocycles. The van der Waals surface area contributed by atoms with Crippen LogP contribution in [-0.4, -0.2) is 50.5 Å². The Bertz CT molecular complexity index is 1110. The summed E-state index contributed by atoms with van der Waals surface area (Å²) in [6.07, 6.45) is 2.29. The van der Waals surface area contributed by atoms with E-state index in [1.54, 1.807) is 6.07 Å². The van der Waals surface area contributed by atoms with Crippen LogP contribution in [0.2, 0.25) is 0 Å². The molecule has 0 aliphatic carbocycles. The highest BCUT2D eigenvalue weighted by molar-refractivity contribution is 7.92. The summed E-state index contributed by atoms with van der Waals surface area (Å²) in [6, 6.07) is 12.5. The molecule has 2 aromatic carbocycles. The smallest absolute Gasteiger partial charge is 0.244 e. The van der Waals surface area contributed by atoms with Crippen LogP contribution in [0.5, 0.6) is 0 Å². The average Bonchev–Trinajstić information content (AvgIpc) is 2.75. The van der Waals surface area contributed by atoms with E-state index in [-0.39, 0.29) is 19.0 Å². The number of carbonyl (C=O) groups excluding carboxylic acids is 2. The number of carbonyl (C=O) groups is 2. The van der Waals surface area contributed by atoms with Crippen LogP contribution in [-0.2, 0) is 26.2 Å². The van der Waals surface area contributed by atoms with Gasteiger partial charge in [0.05, 0.1) is 11.9 Å². The van der Waals surface area contributed by atoms with Gasteiger partial charge in [-0.25, -0.2) is 8.42 Å². The van der Waals surface area contributed by atoms with E-state index in [1.807, 2.05) is 71.0 Å². The van der Waals surface area contributed by atoms with E-state index in [2.05, 4.69) is 5.32 Å². The maximum Gasteiger partial charge on any atom is 0.244 e. The van der Waals surface area contributed by atoms with Crippen molar-refractivity contribution in [3.8, 4) is 0 Å². The van der Waals surface area contributed by atoms with Gasteiger partial charge in [0.2, 0.25) is 21.8 Å². The van der Waals surface area contributed by atoms with E-state index in [4.69, 9.17) is 0 Å². The average molecular weight is 488 g/mol. The van der Waals surface area contributed by atoms with Crippen LogP contribution in [0.3, 0.4) is 0 Å². The van der Waals surface area contributed by atoms with Crippen LogP contribution in [0, 0.1) is 20.8 Å². The van der Waals surface area contributed by atoms with Crippen LogP contribution in [0.1, 0.15) is 48.9 Å². The van der Waals surface area contributed by atoms with E-state index in [0.29, 0.717) is 18.7 Å². The fourth-order valence-corrected chi connectivity index (χ4v) is 4.88. The molecule has 0 unspecified atom stereocenters. The first kappa shape index (κ1) is 27.4. The van der Waals surface area contributed by atoms with Crippen molar-refractivity contribution in [1.82, 2.24) is 10.2 Å². The predicted molar refractivity (Wildman–Crippen MR) is 137 cm³/mol. The second kappa shape index (κ2) is 12.0. The summed E-state index contributed by atoms with van der Waals surface area (Å²) in [5.74, 6) is -0.659. The second-order valence-corrected chi connectivity index (χ2v) is 10.7. The number of aryl methyl sites for hydroxylation is 3. The first-order chi connectivity index (χ1) is 16.0. The molecular weight excluding hydrogens is 450 g/mol. The Morgan fingerprint density at radius 1 is 1.00 bits per heavy atom. The lowest BCUT2D eigenvalue weighted by Gasteiger charge is -2.33. The van der Waals surface area contributed by atoms with Crippen molar-refractivity contribution in [3.63, 3.8) is 0 Å². The molecule has 0 bridgehead atoms. The minimum absolute atomic E-state index is 0.211. The van der Waals surface area contributed by atoms with Crippen LogP contribution in [0.25, 0.3) is 0 Å². The van der Waals surface area contributed by atoms with Crippen molar-refractivity contribution < 1.29 is 18.0 Å². The normalized spacial score (nSPS) is 12.2. The molecule has 0 aromatic heterocycles. The largest absolute Gasteiger partial charge is 0.354 e. The third kappa shape index (κ3) is 7.32. The minimum atomic E-state index is -3.74. The molecule has 0 radical (unpaired) electrons. The number of hydrogen-bond donors (Lipinski definition) is 1. The number of nitrogens with zero attached hydrogens (tertiary/aromatic N) is 2. The first-order valence-corrected chi connectivity index (χ1v) is 13.5. The van der Waals surface area contributed by atoms with Crippen LogP contribution >= 0.6 is 0 Å². The van der Waals surface area contributed by atoms with Crippen molar-refractivity contribution in [2.75, 3.05) is 23.7 Å². The Labute approximate surface area is 204 Å². The topological polar surface area (TPSA) is 86.8 Å². The summed E-state index contributed by atoms with van der Waals surface area (Å²) in [7, 11) is -3.74. The molecule has 0 aliphatic rings. The van der Waals surface area contributed by atoms with Crippen molar-refractivity contribution >= 4 is 27.5 Å².